The van der Waals surface area contributed by atoms with Crippen LogP contribution in [0.15, 0.2) is 6.07 Å². The number of nitrogens with two attached hydrogens (primary N) is 1. The van der Waals surface area contributed by atoms with Crippen molar-refractivity contribution >= 4 is 11.6 Å². The van der Waals surface area contributed by atoms with Gasteiger partial charge in [-0.3, -0.25) is 0 Å². The molecule has 1 aliphatic rings. The Hall–Kier alpha value is -0.600. The molecule has 1 fully saturated rings. The molecule has 0 unspecified atom stereocenters. The molecule has 0 radical (unpaired) electrons. The van der Waals surface area contributed by atoms with Crippen molar-refractivity contribution in [2.45, 2.75) is 32.1 Å². The van der Waals surface area contributed by atoms with Crippen LogP contribution < -0.4 is 5.73 Å². The number of aryl methyl sites for hydroxylation is 1. The van der Waals surface area contributed by atoms with E-state index < -0.39 is 0 Å². The van der Waals surface area contributed by atoms with Gasteiger partial charge >= 0.3 is 0 Å². The second-order valence-corrected chi connectivity index (χ2v) is 4.88. The zero-order valence-electron chi connectivity index (χ0n) is 9.03. The van der Waals surface area contributed by atoms with E-state index in [0.29, 0.717) is 17.1 Å². The third-order valence-corrected chi connectivity index (χ3v) is 3.81. The molecule has 3 heteroatoms. The van der Waals surface area contributed by atoms with Gasteiger partial charge in [-0.05, 0) is 49.4 Å². The summed E-state index contributed by atoms with van der Waals surface area (Å²) in [4.78, 5) is 0. The van der Waals surface area contributed by atoms with E-state index in [2.05, 4.69) is 0 Å². The first-order chi connectivity index (χ1) is 7.02. The fraction of sp³-hybridized carbons (Fsp3) is 0.500. The van der Waals surface area contributed by atoms with Crippen LogP contribution >= 0.6 is 11.6 Å². The summed E-state index contributed by atoms with van der Waals surface area (Å²) in [6.45, 7) is 4.12. The van der Waals surface area contributed by atoms with Crippen LogP contribution in [0.1, 0.15) is 29.5 Å². The van der Waals surface area contributed by atoms with Crippen molar-refractivity contribution in [2.24, 2.45) is 5.73 Å². The largest absolute Gasteiger partial charge is 0.330 e. The minimum atomic E-state index is -0.135. The lowest BCUT2D eigenvalue weighted by Crippen LogP contribution is -2.23. The first-order valence-corrected chi connectivity index (χ1v) is 5.55. The number of hydrogen-bond donors (Lipinski definition) is 1. The minimum Gasteiger partial charge on any atom is -0.330 e. The zero-order valence-corrected chi connectivity index (χ0v) is 9.79. The maximum Gasteiger partial charge on any atom is 0.130 e. The Morgan fingerprint density at radius 2 is 2.07 bits per heavy atom. The molecule has 0 saturated heterocycles. The highest BCUT2D eigenvalue weighted by atomic mass is 35.5. The summed E-state index contributed by atoms with van der Waals surface area (Å²) in [5.41, 5.74) is 7.80. The monoisotopic (exact) mass is 227 g/mol. The van der Waals surface area contributed by atoms with E-state index in [0.717, 1.165) is 24.0 Å². The molecule has 1 aliphatic carbocycles. The fourth-order valence-electron chi connectivity index (χ4n) is 2.18. The highest BCUT2D eigenvalue weighted by molar-refractivity contribution is 6.31. The summed E-state index contributed by atoms with van der Waals surface area (Å²) in [5, 5.41) is 0.642. The molecule has 0 aliphatic heterocycles. The van der Waals surface area contributed by atoms with E-state index in [1.165, 1.54) is 0 Å². The first-order valence-electron chi connectivity index (χ1n) is 5.17. The summed E-state index contributed by atoms with van der Waals surface area (Å²) in [6, 6.07) is 1.68. The Kier molecular flexibility index (Phi) is 2.52. The normalized spacial score (nSPS) is 17.9. The average molecular weight is 228 g/mol. The average Bonchev–Trinajstić information content (AvgIpc) is 2.96. The second-order valence-electron chi connectivity index (χ2n) is 4.47. The van der Waals surface area contributed by atoms with Crippen molar-refractivity contribution in [3.63, 3.8) is 0 Å². The van der Waals surface area contributed by atoms with E-state index in [1.807, 2.05) is 6.92 Å². The van der Waals surface area contributed by atoms with Gasteiger partial charge in [0.05, 0.1) is 0 Å². The molecule has 0 spiro atoms. The van der Waals surface area contributed by atoms with Gasteiger partial charge in [0.1, 0.15) is 5.82 Å². The summed E-state index contributed by atoms with van der Waals surface area (Å²) in [6.07, 6.45) is 1.95. The van der Waals surface area contributed by atoms with Gasteiger partial charge in [-0.2, -0.15) is 0 Å². The Morgan fingerprint density at radius 3 is 2.53 bits per heavy atom. The fourth-order valence-corrected chi connectivity index (χ4v) is 2.44. The maximum absolute atomic E-state index is 14.1. The Bertz CT molecular complexity index is 384. The van der Waals surface area contributed by atoms with E-state index in [1.54, 1.807) is 13.0 Å². The molecule has 1 aromatic rings. The summed E-state index contributed by atoms with van der Waals surface area (Å²) in [5.74, 6) is -0.125. The van der Waals surface area contributed by atoms with Gasteiger partial charge in [0.25, 0.3) is 0 Å². The zero-order chi connectivity index (χ0) is 11.2. The van der Waals surface area contributed by atoms with Crippen LogP contribution in [0, 0.1) is 19.7 Å². The van der Waals surface area contributed by atoms with Gasteiger partial charge in [0, 0.05) is 17.0 Å². The first kappa shape index (κ1) is 10.9. The molecule has 0 bridgehead atoms. The SMILES string of the molecule is Cc1cc(Cl)c(C)c(C2(CN)CC2)c1F. The van der Waals surface area contributed by atoms with Crippen LogP contribution in [0.3, 0.4) is 0 Å². The smallest absolute Gasteiger partial charge is 0.130 e. The molecule has 1 nitrogen and oxygen atoms in total. The maximum atomic E-state index is 14.1. The molecule has 15 heavy (non-hydrogen) atoms. The standard InChI is InChI=1S/C12H15ClFN/c1-7-5-9(13)8(2)10(11(7)14)12(6-15)3-4-12/h5H,3-4,6,15H2,1-2H3. The summed E-state index contributed by atoms with van der Waals surface area (Å²) in [7, 11) is 0. The van der Waals surface area contributed by atoms with Crippen molar-refractivity contribution in [1.82, 2.24) is 0 Å². The van der Waals surface area contributed by atoms with Crippen molar-refractivity contribution in [3.05, 3.63) is 33.6 Å². The highest BCUT2D eigenvalue weighted by Crippen LogP contribution is 2.50. The molecule has 0 heterocycles. The summed E-state index contributed by atoms with van der Waals surface area (Å²) < 4.78 is 14.1. The summed E-state index contributed by atoms with van der Waals surface area (Å²) >= 11 is 6.07. The quantitative estimate of drug-likeness (QED) is 0.826. The van der Waals surface area contributed by atoms with Gasteiger partial charge in [0.15, 0.2) is 0 Å². The van der Waals surface area contributed by atoms with Crippen LogP contribution in [0.25, 0.3) is 0 Å². The lowest BCUT2D eigenvalue weighted by Gasteiger charge is -2.19. The lowest BCUT2D eigenvalue weighted by molar-refractivity contribution is 0.563. The Morgan fingerprint density at radius 1 is 1.47 bits per heavy atom. The molecular weight excluding hydrogens is 213 g/mol. The van der Waals surface area contributed by atoms with Crippen molar-refractivity contribution in [3.8, 4) is 0 Å². The minimum absolute atomic E-state index is 0.125. The van der Waals surface area contributed by atoms with Gasteiger partial charge in [0.2, 0.25) is 0 Å². The predicted octanol–water partition coefficient (Wildman–Crippen LogP) is 3.09. The molecule has 1 aromatic carbocycles. The van der Waals surface area contributed by atoms with Crippen molar-refractivity contribution in [1.29, 1.82) is 0 Å². The van der Waals surface area contributed by atoms with Crippen molar-refractivity contribution < 1.29 is 4.39 Å². The highest BCUT2D eigenvalue weighted by Gasteiger charge is 2.46. The molecule has 0 atom stereocenters. The lowest BCUT2D eigenvalue weighted by atomic mass is 9.90. The molecular formula is C12H15ClFN. The van der Waals surface area contributed by atoms with E-state index >= 15 is 0 Å². The molecule has 0 aromatic heterocycles. The van der Waals surface area contributed by atoms with Crippen LogP contribution in [0.2, 0.25) is 5.02 Å². The van der Waals surface area contributed by atoms with Crippen LogP contribution in [-0.2, 0) is 5.41 Å². The van der Waals surface area contributed by atoms with Crippen LogP contribution in [0.5, 0.6) is 0 Å². The van der Waals surface area contributed by atoms with E-state index in [4.69, 9.17) is 17.3 Å². The predicted molar refractivity (Wildman–Crippen MR) is 60.9 cm³/mol. The molecule has 82 valence electrons. The van der Waals surface area contributed by atoms with Gasteiger partial charge in [-0.15, -0.1) is 0 Å². The molecule has 2 N–H and O–H groups in total. The van der Waals surface area contributed by atoms with E-state index in [-0.39, 0.29) is 11.2 Å². The van der Waals surface area contributed by atoms with Crippen LogP contribution in [0.4, 0.5) is 4.39 Å². The number of rotatable bonds is 2. The van der Waals surface area contributed by atoms with Crippen molar-refractivity contribution in [2.75, 3.05) is 6.54 Å². The molecule has 2 rings (SSSR count). The number of halogens is 2. The van der Waals surface area contributed by atoms with E-state index in [9.17, 15) is 4.39 Å². The third-order valence-electron chi connectivity index (χ3n) is 3.42. The topological polar surface area (TPSA) is 26.0 Å². The second kappa shape index (κ2) is 3.46. The molecule has 0 amide bonds. The Balaban J connectivity index is 2.64. The van der Waals surface area contributed by atoms with Gasteiger partial charge < -0.3 is 5.73 Å². The van der Waals surface area contributed by atoms with Gasteiger partial charge in [-0.1, -0.05) is 11.6 Å². The third kappa shape index (κ3) is 1.56. The number of benzene rings is 1. The van der Waals surface area contributed by atoms with Gasteiger partial charge in [-0.25, -0.2) is 4.39 Å². The Labute approximate surface area is 94.4 Å². The van der Waals surface area contributed by atoms with Crippen LogP contribution in [-0.4, -0.2) is 6.54 Å². The molecule has 1 saturated carbocycles. The number of hydrogen-bond acceptors (Lipinski definition) is 1.